The summed E-state index contributed by atoms with van der Waals surface area (Å²) in [5, 5.41) is 15.2. The SMILES string of the molecule is CCOC(=O)C1=C(C2CCC(C(=O)O)CC2)NC(c2nccs2)=N[C@H]1c1ccc(F)cc1Br. The number of halogens is 2. The van der Waals surface area contributed by atoms with Gasteiger partial charge in [0.25, 0.3) is 0 Å². The number of carbonyl (C=O) groups is 2. The summed E-state index contributed by atoms with van der Waals surface area (Å²) in [5.41, 5.74) is 1.67. The minimum Gasteiger partial charge on any atom is -0.481 e. The zero-order valence-electron chi connectivity index (χ0n) is 17.9. The largest absolute Gasteiger partial charge is 0.481 e. The molecule has 0 saturated heterocycles. The van der Waals surface area contributed by atoms with Crippen molar-refractivity contribution in [3.05, 3.63) is 61.9 Å². The summed E-state index contributed by atoms with van der Waals surface area (Å²) in [5.74, 6) is -1.61. The number of ether oxygens (including phenoxy) is 1. The van der Waals surface area contributed by atoms with Crippen molar-refractivity contribution in [1.29, 1.82) is 0 Å². The first-order valence-electron chi connectivity index (χ1n) is 10.7. The molecule has 1 aromatic carbocycles. The summed E-state index contributed by atoms with van der Waals surface area (Å²) in [6.45, 7) is 1.93. The molecule has 1 aliphatic carbocycles. The maximum absolute atomic E-state index is 13.8. The summed E-state index contributed by atoms with van der Waals surface area (Å²) < 4.78 is 19.7. The molecule has 1 aromatic heterocycles. The van der Waals surface area contributed by atoms with Crippen LogP contribution in [-0.2, 0) is 14.3 Å². The van der Waals surface area contributed by atoms with Crippen molar-refractivity contribution in [2.75, 3.05) is 6.61 Å². The number of nitrogens with zero attached hydrogens (tertiary/aromatic N) is 2. The topological polar surface area (TPSA) is 101 Å². The molecule has 7 nitrogen and oxygen atoms in total. The van der Waals surface area contributed by atoms with E-state index in [0.717, 1.165) is 0 Å². The quantitative estimate of drug-likeness (QED) is 0.513. The van der Waals surface area contributed by atoms with Crippen molar-refractivity contribution >= 4 is 45.0 Å². The van der Waals surface area contributed by atoms with Gasteiger partial charge in [-0.15, -0.1) is 11.3 Å². The average Bonchev–Trinajstić information content (AvgIpc) is 3.33. The third-order valence-electron chi connectivity index (χ3n) is 5.95. The average molecular weight is 536 g/mol. The van der Waals surface area contributed by atoms with Crippen LogP contribution >= 0.6 is 27.3 Å². The fraction of sp³-hybridized carbons (Fsp3) is 0.391. The molecule has 33 heavy (non-hydrogen) atoms. The van der Waals surface area contributed by atoms with Crippen molar-refractivity contribution in [3.63, 3.8) is 0 Å². The van der Waals surface area contributed by atoms with Crippen LogP contribution < -0.4 is 5.32 Å². The van der Waals surface area contributed by atoms with E-state index in [9.17, 15) is 19.1 Å². The van der Waals surface area contributed by atoms with Gasteiger partial charge in [-0.3, -0.25) is 9.79 Å². The highest BCUT2D eigenvalue weighted by atomic mass is 79.9. The van der Waals surface area contributed by atoms with Gasteiger partial charge in [0.1, 0.15) is 11.9 Å². The lowest BCUT2D eigenvalue weighted by molar-refractivity contribution is -0.143. The Labute approximate surface area is 202 Å². The maximum atomic E-state index is 13.8. The van der Waals surface area contributed by atoms with E-state index in [1.165, 1.54) is 23.5 Å². The van der Waals surface area contributed by atoms with E-state index in [-0.39, 0.29) is 18.4 Å². The van der Waals surface area contributed by atoms with Crippen LogP contribution in [0.2, 0.25) is 0 Å². The lowest BCUT2D eigenvalue weighted by Gasteiger charge is -2.34. The molecule has 174 valence electrons. The van der Waals surface area contributed by atoms with Crippen molar-refractivity contribution in [2.24, 2.45) is 16.8 Å². The van der Waals surface area contributed by atoms with Gasteiger partial charge in [0.15, 0.2) is 10.8 Å². The maximum Gasteiger partial charge on any atom is 0.338 e. The van der Waals surface area contributed by atoms with Crippen LogP contribution in [-0.4, -0.2) is 34.5 Å². The number of hydrogen-bond acceptors (Lipinski definition) is 7. The number of hydrogen-bond donors (Lipinski definition) is 2. The molecule has 0 amide bonds. The molecule has 10 heteroatoms. The van der Waals surface area contributed by atoms with Crippen LogP contribution in [0, 0.1) is 17.7 Å². The minimum absolute atomic E-state index is 0.0628. The number of esters is 1. The fourth-order valence-corrected chi connectivity index (χ4v) is 5.50. The van der Waals surface area contributed by atoms with Gasteiger partial charge >= 0.3 is 11.9 Å². The number of nitrogens with one attached hydrogen (secondary N) is 1. The number of aliphatic carboxylic acids is 1. The van der Waals surface area contributed by atoms with Crippen molar-refractivity contribution in [1.82, 2.24) is 10.3 Å². The number of carboxylic acid groups (broad SMARTS) is 1. The van der Waals surface area contributed by atoms with E-state index in [1.807, 2.05) is 5.38 Å². The molecule has 2 heterocycles. The van der Waals surface area contributed by atoms with E-state index >= 15 is 0 Å². The highest BCUT2D eigenvalue weighted by Crippen LogP contribution is 2.42. The third kappa shape index (κ3) is 5.01. The summed E-state index contributed by atoms with van der Waals surface area (Å²) in [6, 6.07) is 3.56. The Kier molecular flexibility index (Phi) is 7.23. The molecule has 0 spiro atoms. The molecule has 1 fully saturated rings. The first kappa shape index (κ1) is 23.6. The van der Waals surface area contributed by atoms with Crippen LogP contribution in [0.3, 0.4) is 0 Å². The zero-order valence-corrected chi connectivity index (χ0v) is 20.3. The molecule has 1 atom stereocenters. The van der Waals surface area contributed by atoms with Gasteiger partial charge in [0, 0.05) is 21.7 Å². The molecule has 1 saturated carbocycles. The standard InChI is InChI=1S/C23H23BrFN3O4S/c1-2-32-23(31)17-18(12-3-5-13(6-4-12)22(29)30)27-20(21-26-9-10-33-21)28-19(17)15-8-7-14(25)11-16(15)24/h7-13,19H,2-6H2,1H3,(H,27,28)(H,29,30)/t12?,13?,19-/m0/s1. The molecule has 2 aromatic rings. The number of aliphatic imine (C=N–C) groups is 1. The van der Waals surface area contributed by atoms with Crippen LogP contribution in [0.25, 0.3) is 0 Å². The van der Waals surface area contributed by atoms with Crippen LogP contribution in [0.1, 0.15) is 49.2 Å². The van der Waals surface area contributed by atoms with E-state index in [0.29, 0.717) is 57.8 Å². The minimum atomic E-state index is -0.789. The van der Waals surface area contributed by atoms with Crippen molar-refractivity contribution in [3.8, 4) is 0 Å². The third-order valence-corrected chi connectivity index (χ3v) is 7.41. The highest BCUT2D eigenvalue weighted by Gasteiger charge is 2.38. The Morgan fingerprint density at radius 3 is 2.67 bits per heavy atom. The van der Waals surface area contributed by atoms with Crippen LogP contribution in [0.4, 0.5) is 4.39 Å². The molecule has 2 N–H and O–H groups in total. The van der Waals surface area contributed by atoms with E-state index in [4.69, 9.17) is 9.73 Å². The van der Waals surface area contributed by atoms with Gasteiger partial charge in [-0.1, -0.05) is 22.0 Å². The summed E-state index contributed by atoms with van der Waals surface area (Å²) in [4.78, 5) is 33.8. The summed E-state index contributed by atoms with van der Waals surface area (Å²) >= 11 is 4.84. The Balaban J connectivity index is 1.82. The summed E-state index contributed by atoms with van der Waals surface area (Å²) in [7, 11) is 0. The lowest BCUT2D eigenvalue weighted by Crippen LogP contribution is -2.38. The van der Waals surface area contributed by atoms with E-state index in [1.54, 1.807) is 19.2 Å². The molecule has 4 rings (SSSR count). The lowest BCUT2D eigenvalue weighted by atomic mass is 9.78. The Hall–Kier alpha value is -2.59. The number of allylic oxidation sites excluding steroid dienone is 1. The van der Waals surface area contributed by atoms with Crippen LogP contribution in [0.15, 0.2) is 50.5 Å². The predicted molar refractivity (Wildman–Crippen MR) is 125 cm³/mol. The van der Waals surface area contributed by atoms with Crippen LogP contribution in [0.5, 0.6) is 0 Å². The highest BCUT2D eigenvalue weighted by molar-refractivity contribution is 9.10. The number of aromatic nitrogens is 1. The second-order valence-corrected chi connectivity index (χ2v) is 9.69. The molecule has 0 bridgehead atoms. The fourth-order valence-electron chi connectivity index (χ4n) is 4.35. The molecular weight excluding hydrogens is 513 g/mol. The van der Waals surface area contributed by atoms with E-state index < -0.39 is 23.8 Å². The Morgan fingerprint density at radius 1 is 1.30 bits per heavy atom. The number of rotatable bonds is 6. The van der Waals surface area contributed by atoms with E-state index in [2.05, 4.69) is 26.2 Å². The molecular formula is C23H23BrFN3O4S. The number of amidine groups is 1. The normalized spacial score (nSPS) is 23.0. The molecule has 0 unspecified atom stereocenters. The second-order valence-electron chi connectivity index (χ2n) is 7.94. The first-order chi connectivity index (χ1) is 15.9. The zero-order chi connectivity index (χ0) is 23.5. The molecule has 1 aliphatic heterocycles. The van der Waals surface area contributed by atoms with Gasteiger partial charge in [-0.05, 0) is 56.2 Å². The number of carboxylic acids is 1. The smallest absolute Gasteiger partial charge is 0.338 e. The van der Waals surface area contributed by atoms with Gasteiger partial charge in [-0.2, -0.15) is 0 Å². The number of benzene rings is 1. The van der Waals surface area contributed by atoms with Gasteiger partial charge in [-0.25, -0.2) is 14.2 Å². The van der Waals surface area contributed by atoms with Crippen molar-refractivity contribution in [2.45, 2.75) is 38.6 Å². The van der Waals surface area contributed by atoms with Gasteiger partial charge < -0.3 is 15.2 Å². The van der Waals surface area contributed by atoms with Crippen molar-refractivity contribution < 1.29 is 23.8 Å². The predicted octanol–water partition coefficient (Wildman–Crippen LogP) is 4.84. The number of thiazole rings is 1. The van der Waals surface area contributed by atoms with Gasteiger partial charge in [0.05, 0.1) is 18.1 Å². The number of carbonyl (C=O) groups excluding carboxylic acids is 1. The molecule has 2 aliphatic rings. The Morgan fingerprint density at radius 2 is 2.06 bits per heavy atom. The van der Waals surface area contributed by atoms with Gasteiger partial charge in [0.2, 0.25) is 0 Å². The monoisotopic (exact) mass is 535 g/mol. The Bertz CT molecular complexity index is 1110. The molecule has 0 radical (unpaired) electrons. The first-order valence-corrected chi connectivity index (χ1v) is 12.4. The summed E-state index contributed by atoms with van der Waals surface area (Å²) in [6.07, 6.45) is 3.95. The second kappa shape index (κ2) is 10.1.